The molecule has 0 amide bonds. The van der Waals surface area contributed by atoms with Gasteiger partial charge in [-0.2, -0.15) is 5.10 Å². The highest BCUT2D eigenvalue weighted by atomic mass is 35.5. The Morgan fingerprint density at radius 3 is 1.71 bits per heavy atom. The molecular weight excluding hydrogens is 451 g/mol. The van der Waals surface area contributed by atoms with Gasteiger partial charge in [-0.25, -0.2) is 9.98 Å². The highest BCUT2D eigenvalue weighted by Gasteiger charge is 2.13. The third kappa shape index (κ3) is 5.82. The van der Waals surface area contributed by atoms with Crippen molar-refractivity contribution >= 4 is 58.9 Å². The zero-order valence-corrected chi connectivity index (χ0v) is 18.5. The van der Waals surface area contributed by atoms with Gasteiger partial charge in [0.1, 0.15) is 0 Å². The average Bonchev–Trinajstić information content (AvgIpc) is 3.16. The van der Waals surface area contributed by atoms with E-state index in [1.807, 2.05) is 72.8 Å². The maximum atomic E-state index is 6.03. The van der Waals surface area contributed by atoms with E-state index in [1.165, 1.54) is 0 Å². The second-order valence-corrected chi connectivity index (χ2v) is 8.11. The molecule has 0 radical (unpaired) electrons. The number of H-pyrrole nitrogens is 1. The van der Waals surface area contributed by atoms with Gasteiger partial charge < -0.3 is 0 Å². The molecule has 0 spiro atoms. The van der Waals surface area contributed by atoms with Crippen molar-refractivity contribution in [2.75, 3.05) is 0 Å². The van der Waals surface area contributed by atoms with Crippen molar-refractivity contribution < 1.29 is 0 Å². The Kier molecular flexibility index (Phi) is 6.82. The normalized spacial score (nSPS) is 11.6. The molecule has 0 saturated carbocycles. The first-order valence-corrected chi connectivity index (χ1v) is 10.6. The molecule has 3 aromatic carbocycles. The van der Waals surface area contributed by atoms with Gasteiger partial charge in [-0.15, -0.1) is 0 Å². The van der Waals surface area contributed by atoms with Gasteiger partial charge >= 0.3 is 0 Å². The molecule has 1 N–H and O–H groups in total. The van der Waals surface area contributed by atoms with Crippen LogP contribution in [0, 0.1) is 0 Å². The maximum Gasteiger partial charge on any atom is 0.179 e. The molecule has 31 heavy (non-hydrogen) atoms. The maximum absolute atomic E-state index is 6.03. The number of nitrogens with one attached hydrogen (secondary N) is 1. The van der Waals surface area contributed by atoms with Crippen LogP contribution < -0.4 is 0 Å². The van der Waals surface area contributed by atoms with E-state index in [9.17, 15) is 0 Å². The SMILES string of the molecule is Clc1ccc(C=Nc2n[nH]c(/N=C/c3ccc(Cl)cc3)c2Cc2ccc(Cl)cc2)cc1. The van der Waals surface area contributed by atoms with Gasteiger partial charge in [0, 0.05) is 39.5 Å². The molecule has 4 rings (SSSR count). The highest BCUT2D eigenvalue weighted by molar-refractivity contribution is 6.31. The van der Waals surface area contributed by atoms with Crippen molar-refractivity contribution in [2.45, 2.75) is 6.42 Å². The molecule has 0 fully saturated rings. The summed E-state index contributed by atoms with van der Waals surface area (Å²) in [5, 5.41) is 9.43. The van der Waals surface area contributed by atoms with E-state index in [4.69, 9.17) is 34.8 Å². The Bertz CT molecular complexity index is 1140. The van der Waals surface area contributed by atoms with Crippen LogP contribution in [0.5, 0.6) is 0 Å². The lowest BCUT2D eigenvalue weighted by atomic mass is 10.1. The lowest BCUT2D eigenvalue weighted by molar-refractivity contribution is 1.08. The molecule has 0 atom stereocenters. The Morgan fingerprint density at radius 2 is 1.16 bits per heavy atom. The van der Waals surface area contributed by atoms with Gasteiger partial charge in [0.25, 0.3) is 0 Å². The summed E-state index contributed by atoms with van der Waals surface area (Å²) in [6, 6.07) is 22.6. The number of hydrogen-bond acceptors (Lipinski definition) is 3. The fraction of sp³-hybridized carbons (Fsp3) is 0.0417. The summed E-state index contributed by atoms with van der Waals surface area (Å²) in [5.41, 5.74) is 3.83. The summed E-state index contributed by atoms with van der Waals surface area (Å²) in [7, 11) is 0. The number of aliphatic imine (C=N–C) groups is 2. The third-order valence-electron chi connectivity index (χ3n) is 4.54. The van der Waals surface area contributed by atoms with E-state index in [0.717, 1.165) is 22.3 Å². The number of halogens is 3. The number of benzene rings is 3. The molecule has 4 aromatic rings. The smallest absolute Gasteiger partial charge is 0.179 e. The predicted octanol–water partition coefficient (Wildman–Crippen LogP) is 7.46. The summed E-state index contributed by atoms with van der Waals surface area (Å²) in [6.45, 7) is 0. The van der Waals surface area contributed by atoms with Gasteiger partial charge in [0.15, 0.2) is 11.6 Å². The second-order valence-electron chi connectivity index (χ2n) is 6.80. The van der Waals surface area contributed by atoms with E-state index in [0.29, 0.717) is 33.1 Å². The Labute approximate surface area is 195 Å². The summed E-state index contributed by atoms with van der Waals surface area (Å²) in [5.74, 6) is 1.22. The molecular formula is C24H17Cl3N4. The van der Waals surface area contributed by atoms with Gasteiger partial charge in [0.05, 0.1) is 0 Å². The first-order valence-electron chi connectivity index (χ1n) is 9.48. The van der Waals surface area contributed by atoms with Gasteiger partial charge in [-0.05, 0) is 53.1 Å². The number of rotatable bonds is 6. The van der Waals surface area contributed by atoms with Crippen molar-refractivity contribution in [3.05, 3.63) is 110 Å². The zero-order valence-electron chi connectivity index (χ0n) is 16.3. The summed E-state index contributed by atoms with van der Waals surface area (Å²) < 4.78 is 0. The molecule has 0 aliphatic carbocycles. The number of nitrogens with zero attached hydrogens (tertiary/aromatic N) is 3. The molecule has 4 nitrogen and oxygen atoms in total. The molecule has 0 aliphatic heterocycles. The average molecular weight is 468 g/mol. The van der Waals surface area contributed by atoms with Crippen LogP contribution in [0.15, 0.2) is 82.8 Å². The van der Waals surface area contributed by atoms with E-state index in [1.54, 1.807) is 12.4 Å². The van der Waals surface area contributed by atoms with Crippen LogP contribution in [0.1, 0.15) is 22.3 Å². The van der Waals surface area contributed by atoms with Crippen LogP contribution in [0.3, 0.4) is 0 Å². The molecule has 154 valence electrons. The van der Waals surface area contributed by atoms with Crippen molar-refractivity contribution in [3.63, 3.8) is 0 Å². The molecule has 0 saturated heterocycles. The van der Waals surface area contributed by atoms with E-state index in [-0.39, 0.29) is 0 Å². The molecule has 0 bridgehead atoms. The fourth-order valence-corrected chi connectivity index (χ4v) is 3.28. The predicted molar refractivity (Wildman–Crippen MR) is 130 cm³/mol. The molecule has 0 aliphatic rings. The molecule has 0 unspecified atom stereocenters. The van der Waals surface area contributed by atoms with Crippen LogP contribution in [-0.2, 0) is 6.42 Å². The first kappa shape index (κ1) is 21.3. The minimum Gasteiger partial charge on any atom is -0.259 e. The summed E-state index contributed by atoms with van der Waals surface area (Å²) in [6.07, 6.45) is 4.13. The van der Waals surface area contributed by atoms with Crippen molar-refractivity contribution in [1.29, 1.82) is 0 Å². The van der Waals surface area contributed by atoms with Crippen LogP contribution in [0.2, 0.25) is 15.1 Å². The number of aromatic nitrogens is 2. The lowest BCUT2D eigenvalue weighted by Gasteiger charge is -2.03. The first-order chi connectivity index (χ1) is 15.1. The van der Waals surface area contributed by atoms with Gasteiger partial charge in [-0.3, -0.25) is 5.10 Å². The summed E-state index contributed by atoms with van der Waals surface area (Å²) in [4.78, 5) is 9.18. The van der Waals surface area contributed by atoms with Gasteiger partial charge in [0.2, 0.25) is 0 Å². The van der Waals surface area contributed by atoms with Crippen LogP contribution in [-0.4, -0.2) is 22.6 Å². The Hall–Kier alpha value is -2.92. The minimum absolute atomic E-state index is 0.577. The van der Waals surface area contributed by atoms with Crippen molar-refractivity contribution in [2.24, 2.45) is 9.98 Å². The lowest BCUT2D eigenvalue weighted by Crippen LogP contribution is -1.89. The van der Waals surface area contributed by atoms with E-state index in [2.05, 4.69) is 20.2 Å². The minimum atomic E-state index is 0.577. The monoisotopic (exact) mass is 466 g/mol. The standard InChI is InChI=1S/C24H17Cl3N4/c25-19-7-1-16(2-8-19)13-22-23(28-14-17-3-9-20(26)10-4-17)30-31-24(22)29-15-18-5-11-21(27)12-6-18/h1-12,14-15H,13H2,(H,30,31)/b28-14+,29-15?. The van der Waals surface area contributed by atoms with E-state index >= 15 is 0 Å². The Morgan fingerprint density at radius 1 is 0.677 bits per heavy atom. The summed E-state index contributed by atoms with van der Waals surface area (Å²) >= 11 is 17.9. The molecule has 1 heterocycles. The van der Waals surface area contributed by atoms with Crippen LogP contribution >= 0.6 is 34.8 Å². The Balaban J connectivity index is 1.65. The van der Waals surface area contributed by atoms with Crippen LogP contribution in [0.25, 0.3) is 0 Å². The van der Waals surface area contributed by atoms with Gasteiger partial charge in [-0.1, -0.05) is 71.2 Å². The van der Waals surface area contributed by atoms with E-state index < -0.39 is 0 Å². The number of aromatic amines is 1. The third-order valence-corrected chi connectivity index (χ3v) is 5.29. The largest absolute Gasteiger partial charge is 0.259 e. The quantitative estimate of drug-likeness (QED) is 0.294. The molecule has 7 heteroatoms. The highest BCUT2D eigenvalue weighted by Crippen LogP contribution is 2.29. The topological polar surface area (TPSA) is 53.4 Å². The fourth-order valence-electron chi connectivity index (χ4n) is 2.90. The van der Waals surface area contributed by atoms with Crippen molar-refractivity contribution in [3.8, 4) is 0 Å². The van der Waals surface area contributed by atoms with Crippen LogP contribution in [0.4, 0.5) is 11.6 Å². The number of hydrogen-bond donors (Lipinski definition) is 1. The molecule has 1 aromatic heterocycles. The zero-order chi connectivity index (χ0) is 21.6. The second kappa shape index (κ2) is 9.92. The van der Waals surface area contributed by atoms with Crippen molar-refractivity contribution in [1.82, 2.24) is 10.2 Å².